The molecular formula is C15H20BrN3O. The molecule has 0 unspecified atom stereocenters. The van der Waals surface area contributed by atoms with Gasteiger partial charge in [0.2, 0.25) is 0 Å². The average molecular weight is 338 g/mol. The Labute approximate surface area is 128 Å². The lowest BCUT2D eigenvalue weighted by Crippen LogP contribution is -2.24. The van der Waals surface area contributed by atoms with Gasteiger partial charge in [0.1, 0.15) is 5.52 Å². The van der Waals surface area contributed by atoms with Gasteiger partial charge in [0.05, 0.1) is 11.2 Å². The molecule has 0 aromatic carbocycles. The number of fused-ring (bicyclic) bond motifs is 1. The third-order valence-electron chi connectivity index (χ3n) is 3.28. The molecule has 0 fully saturated rings. The molecule has 0 aliphatic carbocycles. The van der Waals surface area contributed by atoms with E-state index in [2.05, 4.69) is 45.1 Å². The minimum absolute atomic E-state index is 0.168. The molecule has 2 heterocycles. The third kappa shape index (κ3) is 3.90. The number of hydrogen-bond donors (Lipinski definition) is 1. The first-order valence-corrected chi connectivity index (χ1v) is 7.44. The Morgan fingerprint density at radius 3 is 2.90 bits per heavy atom. The Morgan fingerprint density at radius 1 is 1.35 bits per heavy atom. The van der Waals surface area contributed by atoms with E-state index in [-0.39, 0.29) is 5.41 Å². The number of ether oxygens (including phenoxy) is 1. The fraction of sp³-hybridized carbons (Fsp3) is 0.467. The van der Waals surface area contributed by atoms with E-state index in [1.165, 1.54) is 0 Å². The fourth-order valence-electron chi connectivity index (χ4n) is 1.95. The van der Waals surface area contributed by atoms with Crippen LogP contribution in [0.25, 0.3) is 11.0 Å². The summed E-state index contributed by atoms with van der Waals surface area (Å²) in [5.74, 6) is 0. The molecule has 0 saturated heterocycles. The first kappa shape index (κ1) is 15.2. The summed E-state index contributed by atoms with van der Waals surface area (Å²) in [5.41, 5.74) is 2.98. The van der Waals surface area contributed by atoms with Gasteiger partial charge in [-0.15, -0.1) is 0 Å². The predicted octanol–water partition coefficient (Wildman–Crippen LogP) is 3.87. The normalized spacial score (nSPS) is 11.8. The van der Waals surface area contributed by atoms with E-state index in [0.29, 0.717) is 0 Å². The highest BCUT2D eigenvalue weighted by Crippen LogP contribution is 2.25. The van der Waals surface area contributed by atoms with Crippen LogP contribution in [0.3, 0.4) is 0 Å². The lowest BCUT2D eigenvalue weighted by atomic mass is 9.89. The third-order valence-corrected chi connectivity index (χ3v) is 3.72. The summed E-state index contributed by atoms with van der Waals surface area (Å²) in [4.78, 5) is 8.79. The summed E-state index contributed by atoms with van der Waals surface area (Å²) in [7, 11) is 1.74. The van der Waals surface area contributed by atoms with E-state index in [1.807, 2.05) is 12.1 Å². The van der Waals surface area contributed by atoms with Gasteiger partial charge in [0.25, 0.3) is 0 Å². The number of methoxy groups -OCH3 is 1. The van der Waals surface area contributed by atoms with Crippen LogP contribution >= 0.6 is 15.9 Å². The highest BCUT2D eigenvalue weighted by Gasteiger charge is 2.17. The molecule has 5 heteroatoms. The molecular weight excluding hydrogens is 318 g/mol. The second-order valence-electron chi connectivity index (χ2n) is 5.64. The van der Waals surface area contributed by atoms with Crippen molar-refractivity contribution in [2.75, 3.05) is 25.6 Å². The molecule has 1 N–H and O–H groups in total. The summed E-state index contributed by atoms with van der Waals surface area (Å²) in [6.07, 6.45) is 4.62. The second-order valence-corrected chi connectivity index (χ2v) is 6.56. The summed E-state index contributed by atoms with van der Waals surface area (Å²) < 4.78 is 6.10. The van der Waals surface area contributed by atoms with Crippen molar-refractivity contribution in [3.05, 3.63) is 29.0 Å². The van der Waals surface area contributed by atoms with Gasteiger partial charge < -0.3 is 10.1 Å². The molecule has 0 aliphatic rings. The van der Waals surface area contributed by atoms with E-state index < -0.39 is 0 Å². The van der Waals surface area contributed by atoms with Crippen LogP contribution in [0.1, 0.15) is 20.3 Å². The number of halogens is 1. The lowest BCUT2D eigenvalue weighted by Gasteiger charge is -2.25. The lowest BCUT2D eigenvalue weighted by molar-refractivity contribution is 0.157. The van der Waals surface area contributed by atoms with Gasteiger partial charge in [0.15, 0.2) is 0 Å². The zero-order valence-corrected chi connectivity index (χ0v) is 13.7. The maximum absolute atomic E-state index is 5.16. The molecule has 0 spiro atoms. The van der Waals surface area contributed by atoms with E-state index in [9.17, 15) is 0 Å². The molecule has 20 heavy (non-hydrogen) atoms. The van der Waals surface area contributed by atoms with Crippen molar-refractivity contribution >= 4 is 32.7 Å². The molecule has 0 saturated carbocycles. The van der Waals surface area contributed by atoms with Crippen LogP contribution in [-0.4, -0.2) is 30.2 Å². The van der Waals surface area contributed by atoms with Crippen LogP contribution < -0.4 is 5.32 Å². The quantitative estimate of drug-likeness (QED) is 0.869. The van der Waals surface area contributed by atoms with Crippen LogP contribution in [-0.2, 0) is 4.74 Å². The van der Waals surface area contributed by atoms with Crippen molar-refractivity contribution < 1.29 is 4.74 Å². The minimum Gasteiger partial charge on any atom is -0.385 e. The maximum atomic E-state index is 5.16. The van der Waals surface area contributed by atoms with Gasteiger partial charge in [-0.25, -0.2) is 0 Å². The predicted molar refractivity (Wildman–Crippen MR) is 86.0 cm³/mol. The molecule has 0 atom stereocenters. The Kier molecular flexibility index (Phi) is 4.94. The summed E-state index contributed by atoms with van der Waals surface area (Å²) in [6.45, 7) is 6.10. The fourth-order valence-corrected chi connectivity index (χ4v) is 2.27. The molecule has 0 radical (unpaired) electrons. The first-order chi connectivity index (χ1) is 9.52. The highest BCUT2D eigenvalue weighted by atomic mass is 79.9. The summed E-state index contributed by atoms with van der Waals surface area (Å²) in [5, 5.41) is 3.48. The highest BCUT2D eigenvalue weighted by molar-refractivity contribution is 9.10. The molecule has 108 valence electrons. The Hall–Kier alpha value is -1.20. The first-order valence-electron chi connectivity index (χ1n) is 6.65. The topological polar surface area (TPSA) is 47.0 Å². The number of hydrogen-bond acceptors (Lipinski definition) is 4. The molecule has 2 rings (SSSR count). The van der Waals surface area contributed by atoms with Crippen molar-refractivity contribution in [2.24, 2.45) is 5.41 Å². The number of anilines is 1. The molecule has 2 aromatic rings. The number of pyridine rings is 2. The van der Waals surface area contributed by atoms with Crippen LogP contribution in [0.15, 0.2) is 29.0 Å². The van der Waals surface area contributed by atoms with Crippen LogP contribution in [0.4, 0.5) is 5.69 Å². The van der Waals surface area contributed by atoms with Crippen LogP contribution in [0.5, 0.6) is 0 Å². The zero-order chi connectivity index (χ0) is 14.6. The molecule has 2 aromatic heterocycles. The maximum Gasteiger partial charge on any atom is 0.112 e. The summed E-state index contributed by atoms with van der Waals surface area (Å²) >= 11 is 3.42. The molecule has 4 nitrogen and oxygen atoms in total. The van der Waals surface area contributed by atoms with Gasteiger partial charge in [-0.2, -0.15) is 0 Å². The van der Waals surface area contributed by atoms with Crippen molar-refractivity contribution in [1.29, 1.82) is 0 Å². The molecule has 0 aliphatic heterocycles. The van der Waals surface area contributed by atoms with E-state index >= 15 is 0 Å². The van der Waals surface area contributed by atoms with Gasteiger partial charge >= 0.3 is 0 Å². The molecule has 0 bridgehead atoms. The summed E-state index contributed by atoms with van der Waals surface area (Å²) in [6, 6.07) is 3.94. The van der Waals surface area contributed by atoms with Gasteiger partial charge in [-0.1, -0.05) is 13.8 Å². The van der Waals surface area contributed by atoms with E-state index in [0.717, 1.165) is 40.8 Å². The zero-order valence-electron chi connectivity index (χ0n) is 12.1. The number of rotatable bonds is 6. The van der Waals surface area contributed by atoms with Crippen LogP contribution in [0, 0.1) is 5.41 Å². The van der Waals surface area contributed by atoms with Gasteiger partial charge in [0, 0.05) is 37.1 Å². The smallest absolute Gasteiger partial charge is 0.112 e. The van der Waals surface area contributed by atoms with Crippen molar-refractivity contribution in [1.82, 2.24) is 9.97 Å². The Bertz CT molecular complexity index is 586. The van der Waals surface area contributed by atoms with Crippen LogP contribution in [0.2, 0.25) is 0 Å². The van der Waals surface area contributed by atoms with E-state index in [1.54, 1.807) is 19.5 Å². The van der Waals surface area contributed by atoms with E-state index in [4.69, 9.17) is 4.74 Å². The number of nitrogens with zero attached hydrogens (tertiary/aromatic N) is 2. The monoisotopic (exact) mass is 337 g/mol. The number of aromatic nitrogens is 2. The number of nitrogens with one attached hydrogen (secondary N) is 1. The van der Waals surface area contributed by atoms with Crippen molar-refractivity contribution in [3.8, 4) is 0 Å². The SMILES string of the molecule is COCCC(C)(C)CNc1ccnc2cc(Br)cnc12. The van der Waals surface area contributed by atoms with Crippen molar-refractivity contribution in [2.45, 2.75) is 20.3 Å². The second kappa shape index (κ2) is 6.50. The minimum atomic E-state index is 0.168. The van der Waals surface area contributed by atoms with Gasteiger partial charge in [-0.05, 0) is 39.9 Å². The van der Waals surface area contributed by atoms with Gasteiger partial charge in [-0.3, -0.25) is 9.97 Å². The Morgan fingerprint density at radius 2 is 2.15 bits per heavy atom. The largest absolute Gasteiger partial charge is 0.385 e. The average Bonchev–Trinajstić information content (AvgIpc) is 2.42. The molecule has 0 amide bonds. The Balaban J connectivity index is 2.14. The van der Waals surface area contributed by atoms with Crippen molar-refractivity contribution in [3.63, 3.8) is 0 Å². The standard InChI is InChI=1S/C15H20BrN3O/c1-15(2,5-7-20-3)10-19-12-4-6-17-13-8-11(16)9-18-14(12)13/h4,6,8-9H,5,7,10H2,1-3H3,(H,17,19).